The van der Waals surface area contributed by atoms with E-state index in [0.29, 0.717) is 17.9 Å². The molecule has 1 heterocycles. The monoisotopic (exact) mass is 448 g/mol. The number of phenolic OH excluding ortho intramolecular Hbond substituents is 1. The smallest absolute Gasteiger partial charge is 0.416 e. The summed E-state index contributed by atoms with van der Waals surface area (Å²) in [5.41, 5.74) is 0.573. The van der Waals surface area contributed by atoms with Crippen molar-refractivity contribution in [3.8, 4) is 11.5 Å². The first-order valence-corrected chi connectivity index (χ1v) is 10.7. The van der Waals surface area contributed by atoms with E-state index < -0.39 is 11.7 Å². The third kappa shape index (κ3) is 4.85. The van der Waals surface area contributed by atoms with Gasteiger partial charge in [0.2, 0.25) is 5.91 Å². The Labute approximate surface area is 185 Å². The number of benzene rings is 2. The second kappa shape index (κ2) is 8.65. The van der Waals surface area contributed by atoms with Gasteiger partial charge in [0.15, 0.2) is 0 Å². The molecule has 0 aromatic heterocycles. The number of piperidine rings is 1. The van der Waals surface area contributed by atoms with E-state index in [9.17, 15) is 23.1 Å². The van der Waals surface area contributed by atoms with Crippen LogP contribution in [0.5, 0.6) is 11.5 Å². The number of hydrogen-bond donors (Lipinski definition) is 2. The lowest BCUT2D eigenvalue weighted by Gasteiger charge is -2.33. The Morgan fingerprint density at radius 3 is 2.62 bits per heavy atom. The van der Waals surface area contributed by atoms with Crippen LogP contribution >= 0.6 is 0 Å². The number of hydrogen-bond acceptors (Lipinski definition) is 4. The maximum atomic E-state index is 12.9. The van der Waals surface area contributed by atoms with E-state index in [2.05, 4.69) is 10.2 Å². The minimum Gasteiger partial charge on any atom is -0.507 e. The Morgan fingerprint density at radius 2 is 1.97 bits per heavy atom. The van der Waals surface area contributed by atoms with Crippen molar-refractivity contribution in [2.75, 3.05) is 20.2 Å². The zero-order valence-electron chi connectivity index (χ0n) is 17.9. The zero-order chi connectivity index (χ0) is 22.9. The van der Waals surface area contributed by atoms with E-state index in [1.54, 1.807) is 19.2 Å². The van der Waals surface area contributed by atoms with Crippen molar-refractivity contribution in [2.24, 2.45) is 11.3 Å². The van der Waals surface area contributed by atoms with Crippen LogP contribution in [0.2, 0.25) is 0 Å². The summed E-state index contributed by atoms with van der Waals surface area (Å²) in [6.45, 7) is 2.41. The number of likely N-dealkylation sites (tertiary alicyclic amines) is 1. The molecule has 5 nitrogen and oxygen atoms in total. The molecule has 1 atom stereocenters. The summed E-state index contributed by atoms with van der Waals surface area (Å²) in [7, 11) is 1.56. The first-order chi connectivity index (χ1) is 15.2. The molecule has 1 aliphatic heterocycles. The third-order valence-corrected chi connectivity index (χ3v) is 6.77. The highest BCUT2D eigenvalue weighted by molar-refractivity contribution is 5.82. The Hall–Kier alpha value is -2.74. The van der Waals surface area contributed by atoms with Gasteiger partial charge in [-0.05, 0) is 61.5 Å². The summed E-state index contributed by atoms with van der Waals surface area (Å²) in [6.07, 6.45) is -1.78. The molecule has 1 spiro atoms. The predicted octanol–water partition coefficient (Wildman–Crippen LogP) is 4.34. The molecule has 1 saturated heterocycles. The molecular weight excluding hydrogens is 421 g/mol. The normalized spacial score (nSPS) is 20.2. The third-order valence-electron chi connectivity index (χ3n) is 6.77. The quantitative estimate of drug-likeness (QED) is 0.690. The van der Waals surface area contributed by atoms with E-state index in [4.69, 9.17) is 4.74 Å². The molecule has 1 saturated carbocycles. The lowest BCUT2D eigenvalue weighted by atomic mass is 9.90. The van der Waals surface area contributed by atoms with Crippen molar-refractivity contribution in [2.45, 2.75) is 38.5 Å². The predicted molar refractivity (Wildman–Crippen MR) is 113 cm³/mol. The van der Waals surface area contributed by atoms with Gasteiger partial charge in [-0.2, -0.15) is 13.2 Å². The van der Waals surface area contributed by atoms with Crippen LogP contribution in [0.25, 0.3) is 0 Å². The Bertz CT molecular complexity index is 985. The van der Waals surface area contributed by atoms with Gasteiger partial charge in [0, 0.05) is 30.6 Å². The molecule has 1 amide bonds. The van der Waals surface area contributed by atoms with Gasteiger partial charge >= 0.3 is 6.18 Å². The number of rotatable bonds is 6. The maximum absolute atomic E-state index is 12.9. The average molecular weight is 448 g/mol. The molecule has 2 aromatic carbocycles. The number of carbonyl (C=O) groups excluding carboxylic acids is 1. The number of alkyl halides is 3. The second-order valence-electron chi connectivity index (χ2n) is 8.81. The average Bonchev–Trinajstić information content (AvgIpc) is 3.48. The first kappa shape index (κ1) is 22.5. The van der Waals surface area contributed by atoms with Crippen molar-refractivity contribution >= 4 is 5.91 Å². The fraction of sp³-hybridized carbons (Fsp3) is 0.458. The van der Waals surface area contributed by atoms with Crippen LogP contribution in [0.3, 0.4) is 0 Å². The number of methoxy groups -OCH3 is 1. The molecule has 32 heavy (non-hydrogen) atoms. The van der Waals surface area contributed by atoms with Gasteiger partial charge < -0.3 is 15.2 Å². The lowest BCUT2D eigenvalue weighted by molar-refractivity contribution is -0.137. The Kier molecular flexibility index (Phi) is 6.07. The van der Waals surface area contributed by atoms with E-state index in [-0.39, 0.29) is 29.5 Å². The molecular formula is C24H27F3N2O3. The number of amides is 1. The van der Waals surface area contributed by atoms with Gasteiger partial charge in [0.05, 0.1) is 12.7 Å². The molecule has 0 unspecified atom stereocenters. The van der Waals surface area contributed by atoms with Crippen LogP contribution < -0.4 is 10.1 Å². The minimum atomic E-state index is -4.39. The van der Waals surface area contributed by atoms with Gasteiger partial charge in [-0.15, -0.1) is 0 Å². The minimum absolute atomic E-state index is 0.00362. The van der Waals surface area contributed by atoms with E-state index >= 15 is 0 Å². The first-order valence-electron chi connectivity index (χ1n) is 10.7. The maximum Gasteiger partial charge on any atom is 0.416 e. The Morgan fingerprint density at radius 1 is 1.22 bits per heavy atom. The van der Waals surface area contributed by atoms with Gasteiger partial charge in [-0.1, -0.05) is 18.2 Å². The van der Waals surface area contributed by atoms with Gasteiger partial charge in [0.25, 0.3) is 0 Å². The summed E-state index contributed by atoms with van der Waals surface area (Å²) in [5, 5.41) is 13.0. The summed E-state index contributed by atoms with van der Waals surface area (Å²) >= 11 is 0. The standard InChI is InChI=1S/C24H27F3N2O3/c1-32-19-6-5-17(21(30)12-19)15-29-9-7-23(8-10-29)13-20(23)22(31)28-14-16-3-2-4-18(11-16)24(25,26)27/h2-6,11-12,20,30H,7-10,13-15H2,1H3,(H,28,31)/t20-/m0/s1. The van der Waals surface area contributed by atoms with E-state index in [1.165, 1.54) is 6.07 Å². The molecule has 172 valence electrons. The SMILES string of the molecule is COc1ccc(CN2CCC3(CC2)C[C@H]3C(=O)NCc2cccc(C(F)(F)F)c2)c(O)c1. The summed E-state index contributed by atoms with van der Waals surface area (Å²) in [6, 6.07) is 10.3. The zero-order valence-corrected chi connectivity index (χ0v) is 17.9. The van der Waals surface area contributed by atoms with Gasteiger partial charge in [-0.25, -0.2) is 0 Å². The molecule has 1 aliphatic carbocycles. The molecule has 0 radical (unpaired) electrons. The van der Waals surface area contributed by atoms with Crippen molar-refractivity contribution in [1.82, 2.24) is 10.2 Å². The van der Waals surface area contributed by atoms with E-state index in [1.807, 2.05) is 12.1 Å². The van der Waals surface area contributed by atoms with Crippen LogP contribution in [0, 0.1) is 11.3 Å². The molecule has 2 aliphatic rings. The summed E-state index contributed by atoms with van der Waals surface area (Å²) < 4.78 is 43.7. The highest BCUT2D eigenvalue weighted by Gasteiger charge is 2.58. The topological polar surface area (TPSA) is 61.8 Å². The number of nitrogens with one attached hydrogen (secondary N) is 1. The van der Waals surface area contributed by atoms with Gasteiger partial charge in [-0.3, -0.25) is 9.69 Å². The van der Waals surface area contributed by atoms with Crippen molar-refractivity contribution in [3.63, 3.8) is 0 Å². The van der Waals surface area contributed by atoms with Crippen molar-refractivity contribution < 1.29 is 27.8 Å². The molecule has 0 bridgehead atoms. The summed E-state index contributed by atoms with van der Waals surface area (Å²) in [5.74, 6) is 0.664. The number of ether oxygens (including phenoxy) is 1. The molecule has 2 fully saturated rings. The fourth-order valence-corrected chi connectivity index (χ4v) is 4.64. The number of nitrogens with zero attached hydrogens (tertiary/aromatic N) is 1. The van der Waals surface area contributed by atoms with Crippen LogP contribution in [0.1, 0.15) is 36.0 Å². The van der Waals surface area contributed by atoms with Crippen molar-refractivity contribution in [1.29, 1.82) is 0 Å². The van der Waals surface area contributed by atoms with Crippen LogP contribution in [0.4, 0.5) is 13.2 Å². The highest BCUT2D eigenvalue weighted by atomic mass is 19.4. The highest BCUT2D eigenvalue weighted by Crippen LogP contribution is 2.59. The number of aromatic hydroxyl groups is 1. The van der Waals surface area contributed by atoms with Crippen LogP contribution in [0.15, 0.2) is 42.5 Å². The number of phenols is 1. The fourth-order valence-electron chi connectivity index (χ4n) is 4.64. The molecule has 2 aromatic rings. The van der Waals surface area contributed by atoms with Crippen LogP contribution in [-0.4, -0.2) is 36.1 Å². The lowest BCUT2D eigenvalue weighted by Crippen LogP contribution is -2.36. The van der Waals surface area contributed by atoms with Crippen LogP contribution in [-0.2, 0) is 24.1 Å². The Balaban J connectivity index is 1.26. The second-order valence-corrected chi connectivity index (χ2v) is 8.81. The number of halogens is 3. The van der Waals surface area contributed by atoms with Crippen molar-refractivity contribution in [3.05, 3.63) is 59.2 Å². The molecule has 4 rings (SSSR count). The van der Waals surface area contributed by atoms with Gasteiger partial charge in [0.1, 0.15) is 11.5 Å². The number of carbonyl (C=O) groups is 1. The molecule has 2 N–H and O–H groups in total. The molecule has 8 heteroatoms. The van der Waals surface area contributed by atoms with E-state index in [0.717, 1.165) is 50.0 Å². The summed E-state index contributed by atoms with van der Waals surface area (Å²) in [4.78, 5) is 14.9. The largest absolute Gasteiger partial charge is 0.507 e.